The van der Waals surface area contributed by atoms with E-state index >= 15 is 0 Å². The van der Waals surface area contributed by atoms with E-state index in [-0.39, 0.29) is 30.6 Å². The van der Waals surface area contributed by atoms with Crippen molar-refractivity contribution in [2.75, 3.05) is 11.1 Å². The van der Waals surface area contributed by atoms with Crippen molar-refractivity contribution in [1.82, 2.24) is 0 Å². The van der Waals surface area contributed by atoms with Crippen LogP contribution in [0.3, 0.4) is 0 Å². The van der Waals surface area contributed by atoms with E-state index in [2.05, 4.69) is 17.4 Å². The molecule has 4 atom stereocenters. The first-order chi connectivity index (χ1) is 19.5. The summed E-state index contributed by atoms with van der Waals surface area (Å²) in [6, 6.07) is 34.2. The first-order valence-electron chi connectivity index (χ1n) is 13.4. The van der Waals surface area contributed by atoms with Crippen molar-refractivity contribution < 1.29 is 19.4 Å². The zero-order valence-corrected chi connectivity index (χ0v) is 23.2. The van der Waals surface area contributed by atoms with Crippen LogP contribution in [0.2, 0.25) is 0 Å². The van der Waals surface area contributed by atoms with Crippen molar-refractivity contribution in [3.05, 3.63) is 131 Å². The number of thioether (sulfide) groups is 1. The molecule has 1 amide bonds. The summed E-state index contributed by atoms with van der Waals surface area (Å²) >= 11 is 1.72. The Hall–Kier alpha value is -3.46. The highest BCUT2D eigenvalue weighted by atomic mass is 32.2. The lowest BCUT2D eigenvalue weighted by atomic mass is 9.84. The van der Waals surface area contributed by atoms with Gasteiger partial charge in [-0.2, -0.15) is 0 Å². The van der Waals surface area contributed by atoms with Gasteiger partial charge in [-0.25, -0.2) is 0 Å². The van der Waals surface area contributed by atoms with E-state index < -0.39 is 6.29 Å². The second kappa shape index (κ2) is 13.3. The molecule has 4 unspecified atom stereocenters. The Morgan fingerprint density at radius 2 is 1.48 bits per heavy atom. The van der Waals surface area contributed by atoms with Crippen LogP contribution in [0.5, 0.6) is 0 Å². The summed E-state index contributed by atoms with van der Waals surface area (Å²) in [5.74, 6) is 0.544. The zero-order valence-electron chi connectivity index (χ0n) is 22.4. The Bertz CT molecular complexity index is 1380. The van der Waals surface area contributed by atoms with Crippen LogP contribution < -0.4 is 11.1 Å². The SMILES string of the molecule is CC(=O)Nc1ccc(SCC2OC(c3ccc(CN)cc3)OC(c3ccc(CO)cc3)C2c2ccccc2)cc1. The Kier molecular flexibility index (Phi) is 9.31. The lowest BCUT2D eigenvalue weighted by Crippen LogP contribution is -2.38. The van der Waals surface area contributed by atoms with Crippen molar-refractivity contribution in [3.63, 3.8) is 0 Å². The monoisotopic (exact) mass is 554 g/mol. The molecular weight excluding hydrogens is 520 g/mol. The quantitative estimate of drug-likeness (QED) is 0.210. The van der Waals surface area contributed by atoms with E-state index in [4.69, 9.17) is 15.2 Å². The summed E-state index contributed by atoms with van der Waals surface area (Å²) in [7, 11) is 0. The van der Waals surface area contributed by atoms with Gasteiger partial charge in [0.15, 0.2) is 6.29 Å². The third-order valence-electron chi connectivity index (χ3n) is 7.05. The average Bonchev–Trinajstić information content (AvgIpc) is 3.00. The Morgan fingerprint density at radius 1 is 0.825 bits per heavy atom. The number of benzene rings is 4. The molecule has 0 bridgehead atoms. The molecule has 1 aliphatic rings. The van der Waals surface area contributed by atoms with Crippen molar-refractivity contribution in [1.29, 1.82) is 0 Å². The van der Waals surface area contributed by atoms with Gasteiger partial charge in [-0.3, -0.25) is 4.79 Å². The second-order valence-corrected chi connectivity index (χ2v) is 11.0. The predicted octanol–water partition coefficient (Wildman–Crippen LogP) is 6.33. The summed E-state index contributed by atoms with van der Waals surface area (Å²) < 4.78 is 13.5. The van der Waals surface area contributed by atoms with Crippen LogP contribution in [0.25, 0.3) is 0 Å². The van der Waals surface area contributed by atoms with Gasteiger partial charge < -0.3 is 25.6 Å². The summed E-state index contributed by atoms with van der Waals surface area (Å²) in [6.07, 6.45) is -0.990. The molecule has 5 rings (SSSR count). The maximum atomic E-state index is 11.4. The molecule has 0 saturated carbocycles. The molecule has 4 aromatic rings. The fourth-order valence-corrected chi connectivity index (χ4v) is 5.95. The van der Waals surface area contributed by atoms with E-state index in [1.807, 2.05) is 91.0 Å². The van der Waals surface area contributed by atoms with Gasteiger partial charge in [0.25, 0.3) is 0 Å². The predicted molar refractivity (Wildman–Crippen MR) is 159 cm³/mol. The number of carbonyl (C=O) groups is 1. The van der Waals surface area contributed by atoms with Gasteiger partial charge in [-0.05, 0) is 46.5 Å². The van der Waals surface area contributed by atoms with Crippen molar-refractivity contribution >= 4 is 23.4 Å². The van der Waals surface area contributed by atoms with Gasteiger partial charge in [0, 0.05) is 41.3 Å². The number of ether oxygens (including phenoxy) is 2. The molecule has 4 aromatic carbocycles. The van der Waals surface area contributed by atoms with E-state index in [0.29, 0.717) is 12.3 Å². The highest BCUT2D eigenvalue weighted by molar-refractivity contribution is 7.99. The van der Waals surface area contributed by atoms with E-state index in [0.717, 1.165) is 38.4 Å². The van der Waals surface area contributed by atoms with Crippen LogP contribution in [-0.2, 0) is 27.4 Å². The third-order valence-corrected chi connectivity index (χ3v) is 8.15. The molecule has 0 aliphatic carbocycles. The topological polar surface area (TPSA) is 93.8 Å². The highest BCUT2D eigenvalue weighted by Gasteiger charge is 2.41. The van der Waals surface area contributed by atoms with Crippen LogP contribution in [0.15, 0.2) is 108 Å². The van der Waals surface area contributed by atoms with Gasteiger partial charge in [0.05, 0.1) is 18.8 Å². The van der Waals surface area contributed by atoms with Crippen LogP contribution in [-0.4, -0.2) is 22.9 Å². The molecular formula is C33H34N2O4S. The largest absolute Gasteiger partial charge is 0.392 e. The maximum Gasteiger partial charge on any atom is 0.221 e. The van der Waals surface area contributed by atoms with Gasteiger partial charge >= 0.3 is 0 Å². The fraction of sp³-hybridized carbons (Fsp3) is 0.242. The fourth-order valence-electron chi connectivity index (χ4n) is 4.98. The minimum atomic E-state index is -0.554. The van der Waals surface area contributed by atoms with Gasteiger partial charge in [-0.1, -0.05) is 78.9 Å². The summed E-state index contributed by atoms with van der Waals surface area (Å²) in [5, 5.41) is 12.4. The molecule has 1 heterocycles. The first-order valence-corrected chi connectivity index (χ1v) is 14.4. The average molecular weight is 555 g/mol. The Labute approximate surface area is 239 Å². The molecule has 0 spiro atoms. The van der Waals surface area contributed by atoms with Crippen LogP contribution in [0.4, 0.5) is 5.69 Å². The van der Waals surface area contributed by atoms with Crippen LogP contribution >= 0.6 is 11.8 Å². The lowest BCUT2D eigenvalue weighted by molar-refractivity contribution is -0.255. The maximum absolute atomic E-state index is 11.4. The summed E-state index contributed by atoms with van der Waals surface area (Å²) in [6.45, 7) is 1.97. The number of hydrogen-bond acceptors (Lipinski definition) is 6. The summed E-state index contributed by atoms with van der Waals surface area (Å²) in [5.41, 5.74) is 11.6. The van der Waals surface area contributed by atoms with E-state index in [1.54, 1.807) is 11.8 Å². The van der Waals surface area contributed by atoms with Gasteiger partial charge in [-0.15, -0.1) is 11.8 Å². The van der Waals surface area contributed by atoms with E-state index in [1.165, 1.54) is 6.92 Å². The molecule has 1 fully saturated rings. The number of aliphatic hydroxyl groups is 1. The highest BCUT2D eigenvalue weighted by Crippen LogP contribution is 2.48. The number of nitrogens with one attached hydrogen (secondary N) is 1. The molecule has 7 heteroatoms. The number of carbonyl (C=O) groups excluding carboxylic acids is 1. The second-order valence-electron chi connectivity index (χ2n) is 9.86. The zero-order chi connectivity index (χ0) is 27.9. The lowest BCUT2D eigenvalue weighted by Gasteiger charge is -2.43. The number of rotatable bonds is 9. The minimum Gasteiger partial charge on any atom is -0.392 e. The number of amides is 1. The Morgan fingerprint density at radius 3 is 2.10 bits per heavy atom. The van der Waals surface area contributed by atoms with Crippen LogP contribution in [0, 0.1) is 0 Å². The molecule has 1 aliphatic heterocycles. The molecule has 0 aromatic heterocycles. The van der Waals surface area contributed by atoms with Gasteiger partial charge in [0.1, 0.15) is 0 Å². The number of hydrogen-bond donors (Lipinski definition) is 3. The van der Waals surface area contributed by atoms with E-state index in [9.17, 15) is 9.90 Å². The number of aliphatic hydroxyl groups excluding tert-OH is 1. The summed E-state index contributed by atoms with van der Waals surface area (Å²) in [4.78, 5) is 12.5. The van der Waals surface area contributed by atoms with Crippen molar-refractivity contribution in [2.24, 2.45) is 5.73 Å². The standard InChI is InChI=1S/C33H34N2O4S/c1-22(37)35-28-15-17-29(18-16-28)40-21-30-31(25-5-3-2-4-6-25)32(26-11-9-24(20-36)10-12-26)39-33(38-30)27-13-7-23(19-34)8-14-27/h2-18,30-33,36H,19-21,34H2,1H3,(H,35,37). The molecule has 40 heavy (non-hydrogen) atoms. The smallest absolute Gasteiger partial charge is 0.221 e. The Balaban J connectivity index is 1.48. The molecule has 1 saturated heterocycles. The van der Waals surface area contributed by atoms with Crippen LogP contribution in [0.1, 0.15) is 53.1 Å². The minimum absolute atomic E-state index is 0.00681. The van der Waals surface area contributed by atoms with Gasteiger partial charge in [0.2, 0.25) is 5.91 Å². The molecule has 206 valence electrons. The third kappa shape index (κ3) is 6.81. The number of nitrogens with two attached hydrogens (primary N) is 1. The number of anilines is 1. The van der Waals surface area contributed by atoms with Crippen molar-refractivity contribution in [3.8, 4) is 0 Å². The molecule has 0 radical (unpaired) electrons. The normalized spacial score (nSPS) is 20.7. The van der Waals surface area contributed by atoms with Crippen molar-refractivity contribution in [2.45, 2.75) is 49.4 Å². The molecule has 4 N–H and O–H groups in total. The molecule has 6 nitrogen and oxygen atoms in total. The first kappa shape index (κ1) is 28.1.